The highest BCUT2D eigenvalue weighted by atomic mass is 35.5. The molecule has 0 saturated heterocycles. The van der Waals surface area contributed by atoms with Crippen molar-refractivity contribution in [2.24, 2.45) is 0 Å². The fraction of sp³-hybridized carbons (Fsp3) is 1.00. The summed E-state index contributed by atoms with van der Waals surface area (Å²) in [6.45, 7) is 2.54. The molecular formula is C11H30ClNO8S2. The molecule has 0 aromatic carbocycles. The Bertz CT molecular complexity index is 358. The summed E-state index contributed by atoms with van der Waals surface area (Å²) in [5.74, 6) is 0. The van der Waals surface area contributed by atoms with E-state index >= 15 is 0 Å². The van der Waals surface area contributed by atoms with Gasteiger partial charge in [0.2, 0.25) is 0 Å². The van der Waals surface area contributed by atoms with E-state index in [1.54, 1.807) is 0 Å². The first-order valence-electron chi connectivity index (χ1n) is 6.69. The van der Waals surface area contributed by atoms with Crippen molar-refractivity contribution in [3.63, 3.8) is 0 Å². The molecule has 146 valence electrons. The summed E-state index contributed by atoms with van der Waals surface area (Å²) in [6.07, 6.45) is 6.68. The fourth-order valence-corrected chi connectivity index (χ4v) is 1.04. The maximum atomic E-state index is 9.19. The second kappa shape index (κ2) is 20.0. The first kappa shape index (κ1) is 30.8. The van der Waals surface area contributed by atoms with Crippen molar-refractivity contribution in [2.75, 3.05) is 38.8 Å². The van der Waals surface area contributed by atoms with Crippen molar-refractivity contribution in [1.82, 2.24) is 5.32 Å². The van der Waals surface area contributed by atoms with Gasteiger partial charge in [-0.25, -0.2) is 0 Å². The van der Waals surface area contributed by atoms with Gasteiger partial charge in [-0.15, -0.1) is 12.4 Å². The summed E-state index contributed by atoms with van der Waals surface area (Å²) in [5, 5.41) is 20.2. The Morgan fingerprint density at radius 2 is 1.00 bits per heavy atom. The lowest BCUT2D eigenvalue weighted by Crippen LogP contribution is -2.17. The van der Waals surface area contributed by atoms with Gasteiger partial charge in [0.25, 0.3) is 20.2 Å². The van der Waals surface area contributed by atoms with Gasteiger partial charge in [-0.1, -0.05) is 12.8 Å². The van der Waals surface area contributed by atoms with Crippen molar-refractivity contribution >= 4 is 32.6 Å². The zero-order valence-electron chi connectivity index (χ0n) is 13.5. The molecule has 0 heterocycles. The number of rotatable bonds is 9. The molecule has 0 aliphatic heterocycles. The van der Waals surface area contributed by atoms with Gasteiger partial charge < -0.3 is 15.5 Å². The van der Waals surface area contributed by atoms with Crippen LogP contribution in [0.15, 0.2) is 0 Å². The highest BCUT2D eigenvalue weighted by Crippen LogP contribution is 1.97. The van der Waals surface area contributed by atoms with E-state index in [9.17, 15) is 16.8 Å². The number of unbranched alkanes of at least 4 members (excludes halogenated alkanes) is 3. The second-order valence-electron chi connectivity index (χ2n) is 4.43. The molecule has 12 heteroatoms. The molecule has 0 unspecified atom stereocenters. The summed E-state index contributed by atoms with van der Waals surface area (Å²) in [5.41, 5.74) is 0. The standard InChI is InChI=1S/C9H21NO2.2CH4O3S.ClH/c11-8-4-2-1-3-6-10-7-5-9-12;2*1-5(2,3)4;/h10-12H,1-9H2;2*1H3,(H,2,3,4);1H. The highest BCUT2D eigenvalue weighted by Gasteiger charge is 1.89. The minimum absolute atomic E-state index is 0. The lowest BCUT2D eigenvalue weighted by molar-refractivity contribution is 0.281. The minimum atomic E-state index is -3.67. The molecule has 0 fully saturated rings. The Balaban J connectivity index is -0.000000137. The van der Waals surface area contributed by atoms with Crippen LogP contribution in [0.2, 0.25) is 0 Å². The quantitative estimate of drug-likeness (QED) is 0.262. The minimum Gasteiger partial charge on any atom is -0.396 e. The summed E-state index contributed by atoms with van der Waals surface area (Å²) >= 11 is 0. The SMILES string of the molecule is CS(=O)(=O)O.CS(=O)(=O)O.Cl.OCCCCCCNCCCO. The van der Waals surface area contributed by atoms with E-state index in [0.29, 0.717) is 19.1 Å². The van der Waals surface area contributed by atoms with Crippen LogP contribution in [-0.2, 0) is 20.2 Å². The van der Waals surface area contributed by atoms with Gasteiger partial charge in [-0.05, 0) is 32.4 Å². The summed E-state index contributed by atoms with van der Waals surface area (Å²) in [6, 6.07) is 0. The average molecular weight is 404 g/mol. The molecule has 0 aromatic rings. The molecule has 0 aliphatic rings. The summed E-state index contributed by atoms with van der Waals surface area (Å²) in [7, 11) is -7.33. The number of aliphatic hydroxyl groups excluding tert-OH is 2. The number of aliphatic hydroxyl groups is 2. The molecule has 0 spiro atoms. The van der Waals surface area contributed by atoms with E-state index in [4.69, 9.17) is 19.3 Å². The molecule has 0 amide bonds. The monoisotopic (exact) mass is 403 g/mol. The van der Waals surface area contributed by atoms with Crippen LogP contribution in [0.1, 0.15) is 32.1 Å². The van der Waals surface area contributed by atoms with E-state index in [1.165, 1.54) is 12.8 Å². The van der Waals surface area contributed by atoms with Crippen LogP contribution in [0.25, 0.3) is 0 Å². The van der Waals surface area contributed by atoms with E-state index in [-0.39, 0.29) is 19.0 Å². The molecule has 0 aromatic heterocycles. The van der Waals surface area contributed by atoms with Crippen molar-refractivity contribution in [3.8, 4) is 0 Å². The molecule has 9 nitrogen and oxygen atoms in total. The third-order valence-electron chi connectivity index (χ3n) is 1.77. The Hall–Kier alpha value is -0.0100. The summed E-state index contributed by atoms with van der Waals surface area (Å²) < 4.78 is 51.7. The summed E-state index contributed by atoms with van der Waals surface area (Å²) in [4.78, 5) is 0. The van der Waals surface area contributed by atoms with Crippen molar-refractivity contribution in [2.45, 2.75) is 32.1 Å². The lowest BCUT2D eigenvalue weighted by Gasteiger charge is -2.02. The van der Waals surface area contributed by atoms with Gasteiger partial charge in [-0.3, -0.25) is 9.11 Å². The van der Waals surface area contributed by atoms with Crippen LogP contribution < -0.4 is 5.32 Å². The Morgan fingerprint density at radius 1 is 0.696 bits per heavy atom. The number of hydrogen-bond acceptors (Lipinski definition) is 7. The zero-order valence-corrected chi connectivity index (χ0v) is 16.0. The van der Waals surface area contributed by atoms with Gasteiger partial charge in [0.05, 0.1) is 12.5 Å². The second-order valence-corrected chi connectivity index (χ2v) is 7.36. The zero-order chi connectivity index (χ0) is 18.1. The first-order valence-corrected chi connectivity index (χ1v) is 10.4. The number of halogens is 1. The molecule has 0 atom stereocenters. The number of nitrogens with one attached hydrogen (secondary N) is 1. The van der Waals surface area contributed by atoms with Gasteiger partial charge >= 0.3 is 0 Å². The Morgan fingerprint density at radius 3 is 1.35 bits per heavy atom. The van der Waals surface area contributed by atoms with Crippen LogP contribution in [0, 0.1) is 0 Å². The van der Waals surface area contributed by atoms with E-state index in [0.717, 1.165) is 32.4 Å². The predicted molar refractivity (Wildman–Crippen MR) is 92.3 cm³/mol. The molecule has 5 N–H and O–H groups in total. The normalized spacial score (nSPS) is 10.5. The van der Waals surface area contributed by atoms with Crippen LogP contribution >= 0.6 is 12.4 Å². The average Bonchev–Trinajstić information content (AvgIpc) is 2.28. The first-order chi connectivity index (χ1) is 9.91. The predicted octanol–water partition coefficient (Wildman–Crippen LogP) is -0.0591. The van der Waals surface area contributed by atoms with Crippen molar-refractivity contribution in [3.05, 3.63) is 0 Å². The van der Waals surface area contributed by atoms with E-state index in [2.05, 4.69) is 5.32 Å². The molecule has 0 aliphatic carbocycles. The smallest absolute Gasteiger partial charge is 0.261 e. The molecule has 23 heavy (non-hydrogen) atoms. The highest BCUT2D eigenvalue weighted by molar-refractivity contribution is 7.85. The van der Waals surface area contributed by atoms with Crippen LogP contribution in [0.3, 0.4) is 0 Å². The van der Waals surface area contributed by atoms with E-state index < -0.39 is 20.2 Å². The number of hydrogen-bond donors (Lipinski definition) is 5. The molecule has 0 radical (unpaired) electrons. The van der Waals surface area contributed by atoms with Gasteiger partial charge in [-0.2, -0.15) is 16.8 Å². The topological polar surface area (TPSA) is 161 Å². The van der Waals surface area contributed by atoms with Crippen LogP contribution in [0.5, 0.6) is 0 Å². The van der Waals surface area contributed by atoms with Crippen LogP contribution in [-0.4, -0.2) is 75.0 Å². The Kier molecular flexibility index (Phi) is 26.9. The lowest BCUT2D eigenvalue weighted by atomic mass is 10.2. The van der Waals surface area contributed by atoms with Gasteiger partial charge in [0.15, 0.2) is 0 Å². The fourth-order valence-electron chi connectivity index (χ4n) is 1.04. The molecule has 0 bridgehead atoms. The van der Waals surface area contributed by atoms with Crippen molar-refractivity contribution in [1.29, 1.82) is 0 Å². The third-order valence-corrected chi connectivity index (χ3v) is 1.77. The third kappa shape index (κ3) is 109. The largest absolute Gasteiger partial charge is 0.396 e. The van der Waals surface area contributed by atoms with Gasteiger partial charge in [0.1, 0.15) is 0 Å². The van der Waals surface area contributed by atoms with Gasteiger partial charge in [0, 0.05) is 13.2 Å². The van der Waals surface area contributed by atoms with E-state index in [1.807, 2.05) is 0 Å². The Labute approximate surface area is 145 Å². The molecule has 0 rings (SSSR count). The van der Waals surface area contributed by atoms with Crippen LogP contribution in [0.4, 0.5) is 0 Å². The maximum absolute atomic E-state index is 9.19. The molecular weight excluding hydrogens is 374 g/mol. The molecule has 0 saturated carbocycles. The van der Waals surface area contributed by atoms with Crippen molar-refractivity contribution < 1.29 is 36.2 Å². The maximum Gasteiger partial charge on any atom is 0.261 e.